The van der Waals surface area contributed by atoms with Gasteiger partial charge in [0, 0.05) is 24.1 Å². The highest BCUT2D eigenvalue weighted by atomic mass is 35.5. The molecule has 0 fully saturated rings. The fourth-order valence-electron chi connectivity index (χ4n) is 2.02. The second-order valence-electron chi connectivity index (χ2n) is 5.34. The summed E-state index contributed by atoms with van der Waals surface area (Å²) < 4.78 is 0. The molecule has 7 heteroatoms. The van der Waals surface area contributed by atoms with E-state index in [-0.39, 0.29) is 0 Å². The van der Waals surface area contributed by atoms with E-state index in [0.717, 1.165) is 23.1 Å². The van der Waals surface area contributed by atoms with Gasteiger partial charge in [0.2, 0.25) is 0 Å². The van der Waals surface area contributed by atoms with Gasteiger partial charge in [0.15, 0.2) is 10.3 Å². The van der Waals surface area contributed by atoms with E-state index in [2.05, 4.69) is 32.8 Å². The summed E-state index contributed by atoms with van der Waals surface area (Å²) >= 11 is 13.4. The molecular weight excluding hydrogens is 375 g/mol. The van der Waals surface area contributed by atoms with Crippen LogP contribution in [0.4, 0.5) is 5.69 Å². The number of rotatable bonds is 5. The van der Waals surface area contributed by atoms with E-state index in [9.17, 15) is 0 Å². The van der Waals surface area contributed by atoms with Gasteiger partial charge < -0.3 is 10.6 Å². The van der Waals surface area contributed by atoms with E-state index in [1.807, 2.05) is 31.2 Å². The molecule has 2 aromatic rings. The van der Waals surface area contributed by atoms with Crippen LogP contribution in [-0.2, 0) is 6.54 Å². The highest BCUT2D eigenvalue weighted by molar-refractivity contribution is 8.29. The van der Waals surface area contributed by atoms with Crippen LogP contribution >= 0.6 is 35.0 Å². The van der Waals surface area contributed by atoms with Crippen LogP contribution in [0.2, 0.25) is 10.0 Å². The average molecular weight is 391 g/mol. The van der Waals surface area contributed by atoms with Gasteiger partial charge in [-0.3, -0.25) is 0 Å². The summed E-state index contributed by atoms with van der Waals surface area (Å²) in [4.78, 5) is 8.67. The monoisotopic (exact) mass is 390 g/mol. The maximum Gasteiger partial charge on any atom is 0.197 e. The third-order valence-corrected chi connectivity index (χ3v) is 4.84. The van der Waals surface area contributed by atoms with Crippen LogP contribution in [0.1, 0.15) is 12.5 Å². The van der Waals surface area contributed by atoms with Crippen molar-refractivity contribution in [3.8, 4) is 0 Å². The molecule has 0 saturated carbocycles. The second-order valence-corrected chi connectivity index (χ2v) is 7.11. The molecule has 2 aromatic carbocycles. The molecule has 0 unspecified atom stereocenters. The lowest BCUT2D eigenvalue weighted by Crippen LogP contribution is -2.19. The zero-order chi connectivity index (χ0) is 17.6. The van der Waals surface area contributed by atoms with Gasteiger partial charge >= 0.3 is 0 Å². The van der Waals surface area contributed by atoms with Crippen molar-refractivity contribution in [3.05, 3.63) is 76.0 Å². The fraction of sp³-hybridized carbons (Fsp3) is 0.111. The van der Waals surface area contributed by atoms with Crippen molar-refractivity contribution in [2.24, 2.45) is 9.98 Å². The first kappa shape index (κ1) is 17.9. The van der Waals surface area contributed by atoms with Crippen molar-refractivity contribution < 1.29 is 0 Å². The summed E-state index contributed by atoms with van der Waals surface area (Å²) in [5, 5.41) is 9.01. The summed E-state index contributed by atoms with van der Waals surface area (Å²) in [5.74, 6) is 0. The predicted octanol–water partition coefficient (Wildman–Crippen LogP) is 5.52. The Balaban J connectivity index is 1.51. The Morgan fingerprint density at radius 3 is 2.64 bits per heavy atom. The summed E-state index contributed by atoms with van der Waals surface area (Å²) in [6.45, 7) is 2.75. The Bertz CT molecular complexity index is 847. The maximum absolute atomic E-state index is 5.99. The number of benzene rings is 2. The van der Waals surface area contributed by atoms with Gasteiger partial charge in [0.1, 0.15) is 0 Å². The van der Waals surface area contributed by atoms with Crippen LogP contribution in [0.25, 0.3) is 0 Å². The van der Waals surface area contributed by atoms with Crippen molar-refractivity contribution in [3.63, 3.8) is 0 Å². The third kappa shape index (κ3) is 5.26. The van der Waals surface area contributed by atoms with Crippen LogP contribution in [0, 0.1) is 0 Å². The summed E-state index contributed by atoms with van der Waals surface area (Å²) in [7, 11) is 0. The van der Waals surface area contributed by atoms with Crippen molar-refractivity contribution >= 4 is 51.0 Å². The van der Waals surface area contributed by atoms with Gasteiger partial charge in [-0.05, 0) is 42.4 Å². The fourth-order valence-corrected chi connectivity index (χ4v) is 2.90. The van der Waals surface area contributed by atoms with Crippen LogP contribution < -0.4 is 10.6 Å². The molecule has 0 amide bonds. The average Bonchev–Trinajstić information content (AvgIpc) is 2.59. The molecule has 2 N–H and O–H groups in total. The van der Waals surface area contributed by atoms with E-state index < -0.39 is 0 Å². The van der Waals surface area contributed by atoms with Crippen LogP contribution in [-0.4, -0.2) is 10.3 Å². The molecule has 0 radical (unpaired) electrons. The lowest BCUT2D eigenvalue weighted by molar-refractivity contribution is 0.808. The standard InChI is InChI=1S/C18H16Cl2N4S/c1-12(21-11-13-5-3-2-4-6-13)10-22-17-24-18(25-17)23-14-7-8-15(19)16(20)9-14/h2-10,21H,11H2,1H3,(H,22,23,24). The number of anilines is 1. The molecule has 0 aromatic heterocycles. The summed E-state index contributed by atoms with van der Waals surface area (Å²) in [6, 6.07) is 15.6. The highest BCUT2D eigenvalue weighted by Crippen LogP contribution is 2.27. The van der Waals surface area contributed by atoms with Crippen molar-refractivity contribution in [1.29, 1.82) is 0 Å². The Morgan fingerprint density at radius 1 is 1.16 bits per heavy atom. The molecule has 0 saturated heterocycles. The molecule has 0 aliphatic carbocycles. The number of hydrogen-bond donors (Lipinski definition) is 2. The maximum atomic E-state index is 5.99. The van der Waals surface area contributed by atoms with E-state index in [0.29, 0.717) is 15.2 Å². The molecular formula is C18H16Cl2N4S. The number of nitrogens with zero attached hydrogens (tertiary/aromatic N) is 2. The zero-order valence-corrected chi connectivity index (χ0v) is 15.8. The lowest BCUT2D eigenvalue weighted by atomic mass is 10.2. The molecule has 3 rings (SSSR count). The van der Waals surface area contributed by atoms with Crippen LogP contribution in [0.3, 0.4) is 0 Å². The smallest absolute Gasteiger partial charge is 0.197 e. The van der Waals surface area contributed by atoms with Gasteiger partial charge in [-0.25, -0.2) is 4.99 Å². The number of amidine groups is 2. The molecule has 0 spiro atoms. The Labute approximate surface area is 161 Å². The van der Waals surface area contributed by atoms with Crippen LogP contribution in [0.5, 0.6) is 0 Å². The number of halogens is 2. The lowest BCUT2D eigenvalue weighted by Gasteiger charge is -2.16. The molecule has 0 bridgehead atoms. The normalized spacial score (nSPS) is 15.6. The largest absolute Gasteiger partial charge is 0.383 e. The molecule has 0 atom stereocenters. The van der Waals surface area contributed by atoms with Gasteiger partial charge in [-0.1, -0.05) is 53.5 Å². The molecule has 25 heavy (non-hydrogen) atoms. The van der Waals surface area contributed by atoms with Gasteiger partial charge in [0.25, 0.3) is 0 Å². The van der Waals surface area contributed by atoms with Crippen molar-refractivity contribution in [2.45, 2.75) is 13.5 Å². The van der Waals surface area contributed by atoms with Crippen LogP contribution in [0.15, 0.2) is 70.4 Å². The number of allylic oxidation sites excluding steroid dienone is 1. The number of nitrogens with one attached hydrogen (secondary N) is 2. The van der Waals surface area contributed by atoms with Gasteiger partial charge in [0.05, 0.1) is 10.0 Å². The molecule has 1 heterocycles. The molecule has 1 aliphatic heterocycles. The highest BCUT2D eigenvalue weighted by Gasteiger charge is 2.17. The first-order valence-electron chi connectivity index (χ1n) is 7.61. The molecule has 1 aliphatic rings. The number of hydrogen-bond acceptors (Lipinski definition) is 4. The minimum atomic E-state index is 0.508. The summed E-state index contributed by atoms with van der Waals surface area (Å²) in [6.07, 6.45) is 1.78. The second kappa shape index (κ2) is 8.43. The topological polar surface area (TPSA) is 48.8 Å². The SMILES string of the molecule is CC(=CN=C1N=C(Nc2ccc(Cl)c(Cl)c2)S1)NCc1ccccc1. The van der Waals surface area contributed by atoms with E-state index in [1.165, 1.54) is 17.3 Å². The van der Waals surface area contributed by atoms with Gasteiger partial charge in [-0.2, -0.15) is 4.99 Å². The third-order valence-electron chi connectivity index (χ3n) is 3.34. The first-order chi connectivity index (χ1) is 12.1. The van der Waals surface area contributed by atoms with Gasteiger partial charge in [-0.15, -0.1) is 0 Å². The van der Waals surface area contributed by atoms with E-state index >= 15 is 0 Å². The quantitative estimate of drug-likeness (QED) is 0.706. The minimum absolute atomic E-state index is 0.508. The Morgan fingerprint density at radius 2 is 1.92 bits per heavy atom. The first-order valence-corrected chi connectivity index (χ1v) is 9.18. The van der Waals surface area contributed by atoms with E-state index in [4.69, 9.17) is 23.2 Å². The Hall–Kier alpha value is -1.95. The van der Waals surface area contributed by atoms with Crippen molar-refractivity contribution in [1.82, 2.24) is 5.32 Å². The number of thioether (sulfide) groups is 1. The zero-order valence-electron chi connectivity index (χ0n) is 13.5. The van der Waals surface area contributed by atoms with Crippen molar-refractivity contribution in [2.75, 3.05) is 5.32 Å². The summed E-state index contributed by atoms with van der Waals surface area (Å²) in [5.41, 5.74) is 3.06. The minimum Gasteiger partial charge on any atom is -0.383 e. The molecule has 4 nitrogen and oxygen atoms in total. The van der Waals surface area contributed by atoms with E-state index in [1.54, 1.807) is 18.3 Å². The molecule has 128 valence electrons. The predicted molar refractivity (Wildman–Crippen MR) is 110 cm³/mol. The Kier molecular flexibility index (Phi) is 6.02. The number of aliphatic imine (C=N–C) groups is 2.